The van der Waals surface area contributed by atoms with Gasteiger partial charge in [-0.05, 0) is 37.1 Å². The second-order valence-electron chi connectivity index (χ2n) is 6.50. The molecule has 2 aromatic heterocycles. The number of rotatable bonds is 4. The molecule has 4 rings (SSSR count). The fourth-order valence-electron chi connectivity index (χ4n) is 3.19. The molecular weight excluding hydrogens is 332 g/mol. The van der Waals surface area contributed by atoms with Crippen molar-refractivity contribution in [3.8, 4) is 5.69 Å². The molecule has 25 heavy (non-hydrogen) atoms. The number of hydrogen-bond donors (Lipinski definition) is 0. The van der Waals surface area contributed by atoms with Gasteiger partial charge in [0.1, 0.15) is 11.1 Å². The summed E-state index contributed by atoms with van der Waals surface area (Å²) in [6.07, 6.45) is 5.70. The summed E-state index contributed by atoms with van der Waals surface area (Å²) in [4.78, 5) is 11.2. The van der Waals surface area contributed by atoms with Gasteiger partial charge in [-0.25, -0.2) is 9.97 Å². The quantitative estimate of drug-likeness (QED) is 0.719. The minimum atomic E-state index is 0.0954. The summed E-state index contributed by atoms with van der Waals surface area (Å²) >= 11 is 1.70. The van der Waals surface area contributed by atoms with Crippen LogP contribution in [0.5, 0.6) is 0 Å². The topological polar surface area (TPSA) is 43.2 Å². The normalized spacial score (nSPS) is 18.6. The van der Waals surface area contributed by atoms with Crippen LogP contribution in [-0.2, 0) is 11.3 Å². The van der Waals surface area contributed by atoms with E-state index in [4.69, 9.17) is 4.74 Å². The van der Waals surface area contributed by atoms with E-state index in [1.807, 2.05) is 24.0 Å². The summed E-state index contributed by atoms with van der Waals surface area (Å²) in [6.45, 7) is 7.78. The highest BCUT2D eigenvalue weighted by Gasteiger charge is 2.24. The van der Waals surface area contributed by atoms with Gasteiger partial charge in [-0.15, -0.1) is 11.3 Å². The Morgan fingerprint density at radius 3 is 2.96 bits per heavy atom. The minimum Gasteiger partial charge on any atom is -0.368 e. The predicted octanol–water partition coefficient (Wildman–Crippen LogP) is 3.52. The van der Waals surface area contributed by atoms with Crippen LogP contribution in [0.2, 0.25) is 0 Å². The average Bonchev–Trinajstić information content (AvgIpc) is 3.29. The van der Waals surface area contributed by atoms with Crippen LogP contribution >= 0.6 is 11.3 Å². The molecule has 3 aromatic rings. The Morgan fingerprint density at radius 1 is 1.32 bits per heavy atom. The molecule has 6 heteroatoms. The zero-order valence-electron chi connectivity index (χ0n) is 14.6. The Morgan fingerprint density at radius 2 is 2.24 bits per heavy atom. The van der Waals surface area contributed by atoms with Crippen LogP contribution in [0, 0.1) is 13.8 Å². The van der Waals surface area contributed by atoms with Crippen LogP contribution in [0.4, 0.5) is 0 Å². The summed E-state index contributed by atoms with van der Waals surface area (Å²) < 4.78 is 7.97. The molecule has 0 aliphatic carbocycles. The van der Waals surface area contributed by atoms with Crippen molar-refractivity contribution in [2.75, 3.05) is 19.7 Å². The number of aryl methyl sites for hydroxylation is 2. The third kappa shape index (κ3) is 3.66. The third-order valence-electron chi connectivity index (χ3n) is 4.59. The highest BCUT2D eigenvalue weighted by atomic mass is 32.1. The van der Waals surface area contributed by atoms with Gasteiger partial charge >= 0.3 is 0 Å². The molecule has 3 heterocycles. The maximum absolute atomic E-state index is 5.94. The smallest absolute Gasteiger partial charge is 0.123 e. The van der Waals surface area contributed by atoms with Gasteiger partial charge < -0.3 is 9.30 Å². The lowest BCUT2D eigenvalue weighted by Crippen LogP contribution is -2.37. The van der Waals surface area contributed by atoms with E-state index in [1.54, 1.807) is 17.5 Å². The predicted molar refractivity (Wildman–Crippen MR) is 99.1 cm³/mol. The van der Waals surface area contributed by atoms with Crippen molar-refractivity contribution >= 4 is 11.3 Å². The van der Waals surface area contributed by atoms with Crippen molar-refractivity contribution in [2.45, 2.75) is 26.5 Å². The largest absolute Gasteiger partial charge is 0.368 e. The monoisotopic (exact) mass is 354 g/mol. The van der Waals surface area contributed by atoms with E-state index < -0.39 is 0 Å². The number of imidazole rings is 1. The average molecular weight is 354 g/mol. The lowest BCUT2D eigenvalue weighted by molar-refractivity contribution is -0.0331. The second-order valence-corrected chi connectivity index (χ2v) is 7.39. The van der Waals surface area contributed by atoms with Crippen LogP contribution in [0.25, 0.3) is 5.69 Å². The van der Waals surface area contributed by atoms with Gasteiger partial charge in [0.2, 0.25) is 0 Å². The molecule has 0 spiro atoms. The zero-order valence-corrected chi connectivity index (χ0v) is 15.4. The van der Waals surface area contributed by atoms with Gasteiger partial charge in [0.25, 0.3) is 0 Å². The first-order valence-corrected chi connectivity index (χ1v) is 9.41. The maximum Gasteiger partial charge on any atom is 0.123 e. The van der Waals surface area contributed by atoms with Gasteiger partial charge in [-0.3, -0.25) is 4.90 Å². The van der Waals surface area contributed by atoms with Crippen LogP contribution < -0.4 is 0 Å². The van der Waals surface area contributed by atoms with Crippen molar-refractivity contribution in [3.63, 3.8) is 0 Å². The lowest BCUT2D eigenvalue weighted by Gasteiger charge is -2.32. The van der Waals surface area contributed by atoms with Gasteiger partial charge in [0.15, 0.2) is 0 Å². The summed E-state index contributed by atoms with van der Waals surface area (Å²) in [6, 6.07) is 6.61. The van der Waals surface area contributed by atoms with Crippen molar-refractivity contribution in [1.82, 2.24) is 19.4 Å². The summed E-state index contributed by atoms with van der Waals surface area (Å²) in [5, 5.41) is 3.19. The van der Waals surface area contributed by atoms with Gasteiger partial charge in [0, 0.05) is 48.8 Å². The second kappa shape index (κ2) is 7.07. The molecule has 0 amide bonds. The Labute approximate surface area is 151 Å². The Balaban J connectivity index is 1.46. The highest BCUT2D eigenvalue weighted by molar-refractivity contribution is 7.09. The molecule has 1 unspecified atom stereocenters. The van der Waals surface area contributed by atoms with Crippen LogP contribution in [-0.4, -0.2) is 39.1 Å². The molecule has 1 fully saturated rings. The maximum atomic E-state index is 5.94. The highest BCUT2D eigenvalue weighted by Crippen LogP contribution is 2.26. The number of thiazole rings is 1. The molecule has 5 nitrogen and oxygen atoms in total. The fourth-order valence-corrected chi connectivity index (χ4v) is 4.02. The lowest BCUT2D eigenvalue weighted by atomic mass is 10.1. The molecular formula is C19H22N4OS. The van der Waals surface area contributed by atoms with E-state index in [0.29, 0.717) is 0 Å². The van der Waals surface area contributed by atoms with Crippen molar-refractivity contribution in [3.05, 3.63) is 64.1 Å². The summed E-state index contributed by atoms with van der Waals surface area (Å²) in [5.74, 6) is 0. The van der Waals surface area contributed by atoms with E-state index >= 15 is 0 Å². The first-order valence-electron chi connectivity index (χ1n) is 8.53. The van der Waals surface area contributed by atoms with E-state index in [-0.39, 0.29) is 6.10 Å². The van der Waals surface area contributed by atoms with Crippen molar-refractivity contribution in [2.24, 2.45) is 0 Å². The molecule has 130 valence electrons. The number of nitrogens with zero attached hydrogens (tertiary/aromatic N) is 4. The molecule has 1 saturated heterocycles. The molecule has 1 aliphatic heterocycles. The van der Waals surface area contributed by atoms with Gasteiger partial charge in [0.05, 0.1) is 12.9 Å². The van der Waals surface area contributed by atoms with Crippen molar-refractivity contribution < 1.29 is 4.74 Å². The van der Waals surface area contributed by atoms with E-state index in [2.05, 4.69) is 45.4 Å². The van der Waals surface area contributed by atoms with Crippen molar-refractivity contribution in [1.29, 1.82) is 0 Å². The first kappa shape index (κ1) is 16.4. The Bertz CT molecular complexity index is 843. The Kier molecular flexibility index (Phi) is 4.65. The standard InChI is InChI=1S/C19H22N4OS/c1-14-9-17(23-6-5-20-13-23)4-3-16(14)10-22-7-8-24-18(11-22)19-21-15(2)12-25-19/h3-6,9,12-13,18H,7-8,10-11H2,1-2H3. The van der Waals surface area contributed by atoms with Crippen LogP contribution in [0.1, 0.15) is 27.9 Å². The fraction of sp³-hybridized carbons (Fsp3) is 0.368. The Hall–Kier alpha value is -2.02. The molecule has 0 saturated carbocycles. The van der Waals surface area contributed by atoms with Gasteiger partial charge in [-0.2, -0.15) is 0 Å². The molecule has 1 aliphatic rings. The van der Waals surface area contributed by atoms with Crippen LogP contribution in [0.15, 0.2) is 42.3 Å². The third-order valence-corrected chi connectivity index (χ3v) is 5.64. The number of ether oxygens (including phenoxy) is 1. The van der Waals surface area contributed by atoms with E-state index in [9.17, 15) is 0 Å². The minimum absolute atomic E-state index is 0.0954. The summed E-state index contributed by atoms with van der Waals surface area (Å²) in [5.41, 5.74) is 4.89. The molecule has 1 atom stereocenters. The zero-order chi connectivity index (χ0) is 17.2. The molecule has 0 radical (unpaired) electrons. The molecule has 0 bridgehead atoms. The SMILES string of the molecule is Cc1csc(C2CN(Cc3ccc(-n4ccnc4)cc3C)CCO2)n1. The van der Waals surface area contributed by atoms with E-state index in [0.717, 1.165) is 42.6 Å². The summed E-state index contributed by atoms with van der Waals surface area (Å²) in [7, 11) is 0. The number of benzene rings is 1. The number of morpholine rings is 1. The molecule has 0 N–H and O–H groups in total. The molecule has 1 aromatic carbocycles. The van der Waals surface area contributed by atoms with E-state index in [1.165, 1.54) is 11.1 Å². The van der Waals surface area contributed by atoms with Crippen LogP contribution in [0.3, 0.4) is 0 Å². The number of aromatic nitrogens is 3. The first-order chi connectivity index (χ1) is 12.2. The number of hydrogen-bond acceptors (Lipinski definition) is 5. The van der Waals surface area contributed by atoms with Gasteiger partial charge in [-0.1, -0.05) is 6.07 Å².